The molecule has 0 aliphatic carbocycles. The quantitative estimate of drug-likeness (QED) is 0.813. The molecule has 2 rings (SSSR count). The molecule has 0 aliphatic heterocycles. The summed E-state index contributed by atoms with van der Waals surface area (Å²) >= 11 is 0. The standard InChI is InChI=1S/C14H17NO2/c1-10(2)9-15(3)14(16)13-8-11-6-4-5-7-12(11)17-13/h4-8,10H,9H2,1-3H3. The van der Waals surface area contributed by atoms with E-state index in [0.29, 0.717) is 11.7 Å². The Morgan fingerprint density at radius 3 is 2.71 bits per heavy atom. The number of furan rings is 1. The highest BCUT2D eigenvalue weighted by Gasteiger charge is 2.17. The Hall–Kier alpha value is -1.77. The second-order valence-corrected chi connectivity index (χ2v) is 4.73. The number of hydrogen-bond acceptors (Lipinski definition) is 2. The van der Waals surface area contributed by atoms with Gasteiger partial charge in [-0.25, -0.2) is 0 Å². The lowest BCUT2D eigenvalue weighted by molar-refractivity contribution is 0.0750. The van der Waals surface area contributed by atoms with Crippen molar-refractivity contribution < 1.29 is 9.21 Å². The molecule has 1 amide bonds. The molecule has 1 heterocycles. The number of fused-ring (bicyclic) bond motifs is 1. The average Bonchev–Trinajstić information content (AvgIpc) is 2.70. The largest absolute Gasteiger partial charge is 0.451 e. The van der Waals surface area contributed by atoms with E-state index < -0.39 is 0 Å². The van der Waals surface area contributed by atoms with Crippen molar-refractivity contribution in [2.75, 3.05) is 13.6 Å². The van der Waals surface area contributed by atoms with E-state index in [1.807, 2.05) is 24.3 Å². The summed E-state index contributed by atoms with van der Waals surface area (Å²) in [5.74, 6) is 0.803. The van der Waals surface area contributed by atoms with Crippen LogP contribution in [0.1, 0.15) is 24.4 Å². The molecule has 0 spiro atoms. The maximum atomic E-state index is 12.1. The van der Waals surface area contributed by atoms with Crippen molar-refractivity contribution in [1.29, 1.82) is 0 Å². The van der Waals surface area contributed by atoms with Gasteiger partial charge in [0.25, 0.3) is 5.91 Å². The van der Waals surface area contributed by atoms with E-state index in [-0.39, 0.29) is 5.91 Å². The van der Waals surface area contributed by atoms with Crippen LogP contribution in [-0.4, -0.2) is 24.4 Å². The molecule has 0 aliphatic rings. The van der Waals surface area contributed by atoms with Gasteiger partial charge in [-0.15, -0.1) is 0 Å². The van der Waals surface area contributed by atoms with Crippen molar-refractivity contribution in [3.8, 4) is 0 Å². The van der Waals surface area contributed by atoms with Gasteiger partial charge < -0.3 is 9.32 Å². The molecule has 3 nitrogen and oxygen atoms in total. The van der Waals surface area contributed by atoms with Crippen LogP contribution in [-0.2, 0) is 0 Å². The van der Waals surface area contributed by atoms with Gasteiger partial charge in [-0.3, -0.25) is 4.79 Å². The number of para-hydroxylation sites is 1. The van der Waals surface area contributed by atoms with E-state index in [1.54, 1.807) is 18.0 Å². The second kappa shape index (κ2) is 4.62. The minimum absolute atomic E-state index is 0.0603. The summed E-state index contributed by atoms with van der Waals surface area (Å²) in [5.41, 5.74) is 0.758. The van der Waals surface area contributed by atoms with E-state index in [1.165, 1.54) is 0 Å². The number of rotatable bonds is 3. The first-order valence-corrected chi connectivity index (χ1v) is 5.82. The Morgan fingerprint density at radius 2 is 2.06 bits per heavy atom. The van der Waals surface area contributed by atoms with Crippen LogP contribution >= 0.6 is 0 Å². The first-order chi connectivity index (χ1) is 8.08. The van der Waals surface area contributed by atoms with Crippen LogP contribution < -0.4 is 0 Å². The summed E-state index contributed by atoms with van der Waals surface area (Å²) in [5, 5.41) is 0.966. The Labute approximate surface area is 101 Å². The monoisotopic (exact) mass is 231 g/mol. The van der Waals surface area contributed by atoms with Crippen LogP contribution in [0.5, 0.6) is 0 Å². The third kappa shape index (κ3) is 2.49. The Balaban J connectivity index is 2.24. The number of amides is 1. The molecular weight excluding hydrogens is 214 g/mol. The van der Waals surface area contributed by atoms with Gasteiger partial charge in [0.15, 0.2) is 5.76 Å². The molecule has 17 heavy (non-hydrogen) atoms. The summed E-state index contributed by atoms with van der Waals surface area (Å²) in [7, 11) is 1.80. The Bertz CT molecular complexity index is 495. The number of carbonyl (C=O) groups is 1. The number of benzene rings is 1. The van der Waals surface area contributed by atoms with Gasteiger partial charge in [0.1, 0.15) is 5.58 Å². The fourth-order valence-electron chi connectivity index (χ4n) is 1.91. The van der Waals surface area contributed by atoms with Gasteiger partial charge in [-0.1, -0.05) is 32.0 Å². The van der Waals surface area contributed by atoms with Crippen molar-refractivity contribution in [3.63, 3.8) is 0 Å². The third-order valence-corrected chi connectivity index (χ3v) is 2.62. The van der Waals surface area contributed by atoms with Crippen molar-refractivity contribution in [2.45, 2.75) is 13.8 Å². The minimum Gasteiger partial charge on any atom is -0.451 e. The minimum atomic E-state index is -0.0603. The molecule has 1 aromatic heterocycles. The van der Waals surface area contributed by atoms with E-state index in [0.717, 1.165) is 17.5 Å². The second-order valence-electron chi connectivity index (χ2n) is 4.73. The molecule has 0 bridgehead atoms. The van der Waals surface area contributed by atoms with Gasteiger partial charge in [0, 0.05) is 19.0 Å². The first-order valence-electron chi connectivity index (χ1n) is 5.82. The van der Waals surface area contributed by atoms with Crippen LogP contribution in [0.25, 0.3) is 11.0 Å². The van der Waals surface area contributed by atoms with Crippen LogP contribution in [0.2, 0.25) is 0 Å². The van der Waals surface area contributed by atoms with Crippen LogP contribution in [0.15, 0.2) is 34.7 Å². The normalized spacial score (nSPS) is 11.1. The van der Waals surface area contributed by atoms with Crippen LogP contribution in [0.4, 0.5) is 0 Å². The topological polar surface area (TPSA) is 33.5 Å². The molecule has 0 saturated carbocycles. The zero-order valence-electron chi connectivity index (χ0n) is 10.4. The molecule has 90 valence electrons. The molecule has 0 radical (unpaired) electrons. The van der Waals surface area contributed by atoms with Gasteiger partial charge >= 0.3 is 0 Å². The third-order valence-electron chi connectivity index (χ3n) is 2.62. The molecule has 0 N–H and O–H groups in total. The first kappa shape index (κ1) is 11.7. The smallest absolute Gasteiger partial charge is 0.289 e. The Kier molecular flexibility index (Phi) is 3.18. The zero-order chi connectivity index (χ0) is 12.4. The van der Waals surface area contributed by atoms with E-state index in [2.05, 4.69) is 13.8 Å². The van der Waals surface area contributed by atoms with Crippen LogP contribution in [0, 0.1) is 5.92 Å². The van der Waals surface area contributed by atoms with E-state index in [4.69, 9.17) is 4.42 Å². The molecule has 0 fully saturated rings. The zero-order valence-corrected chi connectivity index (χ0v) is 10.4. The van der Waals surface area contributed by atoms with Gasteiger partial charge in [-0.05, 0) is 18.1 Å². The molecule has 0 atom stereocenters. The number of carbonyl (C=O) groups excluding carboxylic acids is 1. The predicted octanol–water partition coefficient (Wildman–Crippen LogP) is 3.16. The van der Waals surface area contributed by atoms with E-state index in [9.17, 15) is 4.79 Å². The molecule has 0 saturated heterocycles. The summed E-state index contributed by atoms with van der Waals surface area (Å²) in [6, 6.07) is 9.45. The highest BCUT2D eigenvalue weighted by atomic mass is 16.3. The fourth-order valence-corrected chi connectivity index (χ4v) is 1.91. The highest BCUT2D eigenvalue weighted by Crippen LogP contribution is 2.19. The summed E-state index contributed by atoms with van der Waals surface area (Å²) < 4.78 is 5.54. The summed E-state index contributed by atoms with van der Waals surface area (Å²) in [6.45, 7) is 4.90. The number of nitrogens with zero attached hydrogens (tertiary/aromatic N) is 1. The summed E-state index contributed by atoms with van der Waals surface area (Å²) in [4.78, 5) is 13.8. The van der Waals surface area contributed by atoms with Gasteiger partial charge in [0.05, 0.1) is 0 Å². The number of hydrogen-bond donors (Lipinski definition) is 0. The van der Waals surface area contributed by atoms with Gasteiger partial charge in [-0.2, -0.15) is 0 Å². The molecule has 3 heteroatoms. The lowest BCUT2D eigenvalue weighted by Gasteiger charge is -2.17. The fraction of sp³-hybridized carbons (Fsp3) is 0.357. The maximum absolute atomic E-state index is 12.1. The van der Waals surface area contributed by atoms with Crippen molar-refractivity contribution in [3.05, 3.63) is 36.1 Å². The predicted molar refractivity (Wildman–Crippen MR) is 68.0 cm³/mol. The maximum Gasteiger partial charge on any atom is 0.289 e. The lowest BCUT2D eigenvalue weighted by atomic mass is 10.2. The molecule has 2 aromatic rings. The molecule has 1 aromatic carbocycles. The van der Waals surface area contributed by atoms with Crippen LogP contribution in [0.3, 0.4) is 0 Å². The van der Waals surface area contributed by atoms with E-state index >= 15 is 0 Å². The SMILES string of the molecule is CC(C)CN(C)C(=O)c1cc2ccccc2o1. The van der Waals surface area contributed by atoms with Crippen molar-refractivity contribution >= 4 is 16.9 Å². The summed E-state index contributed by atoms with van der Waals surface area (Å²) in [6.07, 6.45) is 0. The van der Waals surface area contributed by atoms with Crippen molar-refractivity contribution in [2.24, 2.45) is 5.92 Å². The van der Waals surface area contributed by atoms with Crippen molar-refractivity contribution in [1.82, 2.24) is 4.90 Å². The van der Waals surface area contributed by atoms with Gasteiger partial charge in [0.2, 0.25) is 0 Å². The molecular formula is C14H17NO2. The highest BCUT2D eigenvalue weighted by molar-refractivity contribution is 5.95. The lowest BCUT2D eigenvalue weighted by Crippen LogP contribution is -2.29. The Morgan fingerprint density at radius 1 is 1.35 bits per heavy atom. The average molecular weight is 231 g/mol. The molecule has 0 unspecified atom stereocenters.